The van der Waals surface area contributed by atoms with Crippen LogP contribution in [0.4, 0.5) is 10.3 Å². The predicted octanol–water partition coefficient (Wildman–Crippen LogP) is 4.20. The number of fused-ring (bicyclic) bond motifs is 3. The molecule has 3 aromatic rings. The van der Waals surface area contributed by atoms with Gasteiger partial charge in [0.1, 0.15) is 23.5 Å². The number of hydrogen-bond acceptors (Lipinski definition) is 7. The average Bonchev–Trinajstić information content (AvgIpc) is 3.33. The molecule has 4 heterocycles. The summed E-state index contributed by atoms with van der Waals surface area (Å²) in [5.74, 6) is 1.73. The number of anilines is 1. The van der Waals surface area contributed by atoms with Crippen LogP contribution in [0.25, 0.3) is 22.3 Å². The van der Waals surface area contributed by atoms with E-state index in [-0.39, 0.29) is 35.7 Å². The molecule has 4 atom stereocenters. The zero-order valence-corrected chi connectivity index (χ0v) is 20.3. The largest absolute Gasteiger partial charge is 0.388 e. The average molecular weight is 500 g/mol. The van der Waals surface area contributed by atoms with Crippen LogP contribution < -0.4 is 5.32 Å². The molecule has 0 amide bonds. The number of nitrogens with one attached hydrogen (secondary N) is 1. The summed E-state index contributed by atoms with van der Waals surface area (Å²) < 4.78 is 28.7. The van der Waals surface area contributed by atoms with E-state index in [0.717, 1.165) is 36.5 Å². The normalized spacial score (nSPS) is 33.1. The van der Waals surface area contributed by atoms with Gasteiger partial charge in [-0.1, -0.05) is 11.6 Å². The number of nitrogens with zero attached hydrogens (tertiary/aromatic N) is 4. The predicted molar refractivity (Wildman–Crippen MR) is 128 cm³/mol. The van der Waals surface area contributed by atoms with Crippen LogP contribution in [0.1, 0.15) is 51.4 Å². The third-order valence-electron chi connectivity index (χ3n) is 8.12. The van der Waals surface area contributed by atoms with E-state index in [1.54, 1.807) is 0 Å². The van der Waals surface area contributed by atoms with E-state index >= 15 is 4.39 Å². The monoisotopic (exact) mass is 499 g/mol. The van der Waals surface area contributed by atoms with Crippen molar-refractivity contribution in [3.63, 3.8) is 0 Å². The van der Waals surface area contributed by atoms with E-state index in [2.05, 4.69) is 33.7 Å². The fourth-order valence-electron chi connectivity index (χ4n) is 6.27. The third kappa shape index (κ3) is 3.25. The second-order valence-corrected chi connectivity index (χ2v) is 11.2. The van der Waals surface area contributed by atoms with Crippen molar-refractivity contribution in [3.8, 4) is 11.3 Å². The Kier molecular flexibility index (Phi) is 4.75. The van der Waals surface area contributed by atoms with Crippen LogP contribution in [0.2, 0.25) is 5.02 Å². The second-order valence-electron chi connectivity index (χ2n) is 10.8. The highest BCUT2D eigenvalue weighted by atomic mass is 35.5. The molecule has 0 spiro atoms. The summed E-state index contributed by atoms with van der Waals surface area (Å²) in [5, 5.41) is 14.1. The molecule has 5 fully saturated rings. The minimum absolute atomic E-state index is 0.109. The second kappa shape index (κ2) is 7.59. The maximum Gasteiger partial charge on any atom is 0.223 e. The molecule has 0 unspecified atom stereocenters. The highest BCUT2D eigenvalue weighted by molar-refractivity contribution is 6.33. The van der Waals surface area contributed by atoms with E-state index in [1.165, 1.54) is 12.3 Å². The third-order valence-corrected chi connectivity index (χ3v) is 8.40. The first-order valence-electron chi connectivity index (χ1n) is 12.3. The molecule has 35 heavy (non-hydrogen) atoms. The van der Waals surface area contributed by atoms with E-state index in [0.29, 0.717) is 40.8 Å². The van der Waals surface area contributed by atoms with Gasteiger partial charge >= 0.3 is 0 Å². The Labute approximate surface area is 206 Å². The fraction of sp³-hybridized carbons (Fsp3) is 0.560. The molecule has 3 saturated carbocycles. The van der Waals surface area contributed by atoms with E-state index < -0.39 is 6.10 Å². The molecule has 5 aliphatic rings. The number of imidazole rings is 1. The number of aliphatic hydroxyl groups is 1. The molecule has 0 radical (unpaired) electrons. The highest BCUT2D eigenvalue weighted by Gasteiger charge is 2.60. The molecule has 2 aliphatic heterocycles. The minimum Gasteiger partial charge on any atom is -0.388 e. The van der Waals surface area contributed by atoms with E-state index in [4.69, 9.17) is 26.1 Å². The summed E-state index contributed by atoms with van der Waals surface area (Å²) in [6.45, 7) is 4.58. The Morgan fingerprint density at radius 2 is 2.06 bits per heavy atom. The van der Waals surface area contributed by atoms with Crippen molar-refractivity contribution < 1.29 is 19.0 Å². The van der Waals surface area contributed by atoms with Crippen molar-refractivity contribution in [3.05, 3.63) is 35.0 Å². The number of ether oxygens (including phenoxy) is 2. The van der Waals surface area contributed by atoms with Gasteiger partial charge in [-0.25, -0.2) is 19.3 Å². The molecule has 8 nitrogen and oxygen atoms in total. The van der Waals surface area contributed by atoms with Crippen molar-refractivity contribution in [2.75, 3.05) is 11.9 Å². The lowest BCUT2D eigenvalue weighted by atomic mass is 9.44. The summed E-state index contributed by atoms with van der Waals surface area (Å²) in [6.07, 6.45) is 3.94. The van der Waals surface area contributed by atoms with Gasteiger partial charge < -0.3 is 24.5 Å². The van der Waals surface area contributed by atoms with Gasteiger partial charge in [0.2, 0.25) is 5.95 Å². The van der Waals surface area contributed by atoms with E-state index in [1.807, 2.05) is 6.07 Å². The molecule has 10 heteroatoms. The van der Waals surface area contributed by atoms with Crippen LogP contribution in [-0.4, -0.2) is 55.8 Å². The maximum atomic E-state index is 15.4. The molecule has 8 rings (SSSR count). The van der Waals surface area contributed by atoms with Gasteiger partial charge in [-0.15, -0.1) is 0 Å². The Hall–Kier alpha value is -2.33. The van der Waals surface area contributed by atoms with Gasteiger partial charge in [0.15, 0.2) is 12.1 Å². The molecule has 2 saturated heterocycles. The van der Waals surface area contributed by atoms with Gasteiger partial charge in [-0.05, 0) is 51.2 Å². The first kappa shape index (κ1) is 21.9. The minimum atomic E-state index is -0.749. The number of halogens is 2. The lowest BCUT2D eigenvalue weighted by Gasteiger charge is -2.61. The van der Waals surface area contributed by atoms with Crippen LogP contribution in [0.15, 0.2) is 18.3 Å². The molecule has 2 aromatic heterocycles. The Bertz CT molecular complexity index is 1330. The van der Waals surface area contributed by atoms with Crippen molar-refractivity contribution in [1.29, 1.82) is 0 Å². The Morgan fingerprint density at radius 3 is 2.77 bits per heavy atom. The van der Waals surface area contributed by atoms with Crippen molar-refractivity contribution in [1.82, 2.24) is 19.5 Å². The molecular weight excluding hydrogens is 473 g/mol. The topological polar surface area (TPSA) is 94.3 Å². The zero-order valence-electron chi connectivity index (χ0n) is 19.5. The van der Waals surface area contributed by atoms with Crippen LogP contribution >= 0.6 is 11.6 Å². The van der Waals surface area contributed by atoms with Crippen molar-refractivity contribution >= 4 is 28.6 Å². The Balaban J connectivity index is 1.27. The summed E-state index contributed by atoms with van der Waals surface area (Å²) in [4.78, 5) is 13.7. The number of benzene rings is 1. The van der Waals surface area contributed by atoms with Gasteiger partial charge in [0.25, 0.3) is 0 Å². The number of rotatable bonds is 5. The van der Waals surface area contributed by atoms with Gasteiger partial charge in [-0.2, -0.15) is 0 Å². The quantitative estimate of drug-likeness (QED) is 0.543. The van der Waals surface area contributed by atoms with Crippen LogP contribution in [-0.2, 0) is 14.9 Å². The van der Waals surface area contributed by atoms with Crippen LogP contribution in [0.3, 0.4) is 0 Å². The molecule has 2 N–H and O–H groups in total. The Morgan fingerprint density at radius 1 is 1.26 bits per heavy atom. The molecule has 4 bridgehead atoms. The molecule has 184 valence electrons. The lowest BCUT2D eigenvalue weighted by molar-refractivity contribution is -0.123. The summed E-state index contributed by atoms with van der Waals surface area (Å²) in [6, 6.07) is 3.19. The first-order chi connectivity index (χ1) is 16.8. The summed E-state index contributed by atoms with van der Waals surface area (Å²) in [7, 11) is 0. The number of aliphatic hydroxyl groups excluding tert-OH is 1. The summed E-state index contributed by atoms with van der Waals surface area (Å²) in [5.41, 5.74) is 2.25. The fourth-order valence-corrected chi connectivity index (χ4v) is 6.47. The number of hydrogen-bond donors (Lipinski definition) is 2. The lowest BCUT2D eigenvalue weighted by Crippen LogP contribution is -2.56. The highest BCUT2D eigenvalue weighted by Crippen LogP contribution is 2.65. The first-order valence-corrected chi connectivity index (χ1v) is 12.7. The SMILES string of the molecule is CC(C)n1c(C23CC(C2)C3)nc2c(F)cc(-c3nc(N[C@@H]4C[C@H]5OC[C@H](O5)[C@H]4O)ncc3Cl)cc21. The van der Waals surface area contributed by atoms with Crippen molar-refractivity contribution in [2.24, 2.45) is 5.92 Å². The molecule has 1 aromatic carbocycles. The summed E-state index contributed by atoms with van der Waals surface area (Å²) >= 11 is 6.49. The van der Waals surface area contributed by atoms with Crippen LogP contribution in [0.5, 0.6) is 0 Å². The molecular formula is C25H27ClFN5O3. The van der Waals surface area contributed by atoms with Gasteiger partial charge in [-0.3, -0.25) is 0 Å². The number of aromatic nitrogens is 4. The smallest absolute Gasteiger partial charge is 0.223 e. The van der Waals surface area contributed by atoms with Gasteiger partial charge in [0.05, 0.1) is 35.1 Å². The molecule has 3 aliphatic carbocycles. The van der Waals surface area contributed by atoms with Gasteiger partial charge in [0, 0.05) is 23.4 Å². The maximum absolute atomic E-state index is 15.4. The van der Waals surface area contributed by atoms with E-state index in [9.17, 15) is 5.11 Å². The standard InChI is InChI=1S/C25H27ClFN5O3/c1-11(2)32-17-4-13(3-15(27)21(17)30-23(32)25-6-12(7-25)8-25)20-14(26)9-28-24(31-20)29-16-5-19-34-10-18(35-19)22(16)33/h3-4,9,11-12,16,18-19,22,33H,5-8,10H2,1-2H3,(H,28,29,31)/t12?,16-,18+,19+,22+,25?/m1/s1. The zero-order chi connectivity index (χ0) is 24.1. The van der Waals surface area contributed by atoms with Crippen molar-refractivity contribution in [2.45, 2.75) is 75.5 Å². The van der Waals surface area contributed by atoms with Crippen LogP contribution in [0, 0.1) is 11.7 Å².